The number of hydrogen-bond donors (Lipinski definition) is 2. The Labute approximate surface area is 178 Å². The summed E-state index contributed by atoms with van der Waals surface area (Å²) in [6, 6.07) is 14.7. The molecule has 4 rings (SSSR count). The molecule has 2 heterocycles. The van der Waals surface area contributed by atoms with E-state index < -0.39 is 11.2 Å². The predicted octanol–water partition coefficient (Wildman–Crippen LogP) is 2.12. The van der Waals surface area contributed by atoms with Gasteiger partial charge in [-0.15, -0.1) is 0 Å². The number of aromatic nitrogens is 2. The van der Waals surface area contributed by atoms with Gasteiger partial charge < -0.3 is 5.32 Å². The zero-order chi connectivity index (χ0) is 21.1. The number of benzene rings is 2. The number of likely N-dealkylation sites (tertiary alicyclic amines) is 1. The van der Waals surface area contributed by atoms with Crippen LogP contribution in [0.25, 0.3) is 10.9 Å². The highest BCUT2D eigenvalue weighted by Crippen LogP contribution is 2.16. The van der Waals surface area contributed by atoms with Crippen molar-refractivity contribution in [2.75, 3.05) is 13.1 Å². The lowest BCUT2D eigenvalue weighted by atomic mass is 10.0. The van der Waals surface area contributed by atoms with Crippen molar-refractivity contribution < 1.29 is 4.79 Å². The molecule has 1 aliphatic heterocycles. The van der Waals surface area contributed by atoms with Crippen molar-refractivity contribution in [3.05, 3.63) is 80.0 Å². The number of para-hydroxylation sites is 1. The van der Waals surface area contributed by atoms with Crippen LogP contribution in [0.3, 0.4) is 0 Å². The first kappa shape index (κ1) is 20.4. The van der Waals surface area contributed by atoms with Gasteiger partial charge in [0.15, 0.2) is 0 Å². The molecule has 1 aliphatic rings. The molecule has 7 nitrogen and oxygen atoms in total. The molecular formula is C22H23ClN4O3. The number of hydrogen-bond acceptors (Lipinski definition) is 4. The number of nitrogens with zero attached hydrogens (tertiary/aromatic N) is 2. The number of piperidine rings is 1. The van der Waals surface area contributed by atoms with E-state index in [1.807, 2.05) is 24.3 Å². The number of aromatic amines is 1. The smallest absolute Gasteiger partial charge is 0.329 e. The van der Waals surface area contributed by atoms with Crippen LogP contribution in [-0.2, 0) is 17.9 Å². The third-order valence-corrected chi connectivity index (χ3v) is 5.73. The van der Waals surface area contributed by atoms with Crippen LogP contribution in [0.4, 0.5) is 0 Å². The number of fused-ring (bicyclic) bond motifs is 1. The summed E-state index contributed by atoms with van der Waals surface area (Å²) in [5.74, 6) is -0.231. The summed E-state index contributed by atoms with van der Waals surface area (Å²) in [5.41, 5.74) is 0.650. The molecule has 1 amide bonds. The average Bonchev–Trinajstić information content (AvgIpc) is 2.74. The molecule has 1 saturated heterocycles. The van der Waals surface area contributed by atoms with Gasteiger partial charge in [0.1, 0.15) is 6.54 Å². The number of nitrogens with one attached hydrogen (secondary N) is 2. The largest absolute Gasteiger partial charge is 0.352 e. The molecule has 30 heavy (non-hydrogen) atoms. The SMILES string of the molecule is O=C(Cn1c(=O)[nH]c(=O)c2ccccc21)NC1CCN(Cc2ccc(Cl)cc2)CC1. The number of halogens is 1. The summed E-state index contributed by atoms with van der Waals surface area (Å²) in [5, 5.41) is 4.15. The van der Waals surface area contributed by atoms with Crippen LogP contribution >= 0.6 is 11.6 Å². The third kappa shape index (κ3) is 4.63. The first-order valence-electron chi connectivity index (χ1n) is 9.97. The number of carbonyl (C=O) groups excluding carboxylic acids is 1. The van der Waals surface area contributed by atoms with Gasteiger partial charge in [-0.05, 0) is 42.7 Å². The van der Waals surface area contributed by atoms with Gasteiger partial charge in [0.05, 0.1) is 10.9 Å². The Kier molecular flexibility index (Phi) is 6.01. The second-order valence-electron chi connectivity index (χ2n) is 7.61. The lowest BCUT2D eigenvalue weighted by Gasteiger charge is -2.32. The van der Waals surface area contributed by atoms with Crippen LogP contribution in [0.5, 0.6) is 0 Å². The van der Waals surface area contributed by atoms with Crippen molar-refractivity contribution >= 4 is 28.4 Å². The van der Waals surface area contributed by atoms with Crippen molar-refractivity contribution in [3.63, 3.8) is 0 Å². The van der Waals surface area contributed by atoms with Gasteiger partial charge in [-0.25, -0.2) is 4.79 Å². The monoisotopic (exact) mass is 426 g/mol. The van der Waals surface area contributed by atoms with Crippen LogP contribution in [0.15, 0.2) is 58.1 Å². The Morgan fingerprint density at radius 1 is 1.07 bits per heavy atom. The molecule has 0 bridgehead atoms. The highest BCUT2D eigenvalue weighted by atomic mass is 35.5. The van der Waals surface area contributed by atoms with Crippen molar-refractivity contribution in [1.29, 1.82) is 0 Å². The summed E-state index contributed by atoms with van der Waals surface area (Å²) in [6.45, 7) is 2.50. The maximum Gasteiger partial charge on any atom is 0.329 e. The molecule has 0 radical (unpaired) electrons. The summed E-state index contributed by atoms with van der Waals surface area (Å²) in [6.07, 6.45) is 1.70. The molecule has 0 atom stereocenters. The fraction of sp³-hybridized carbons (Fsp3) is 0.318. The van der Waals surface area contributed by atoms with E-state index in [2.05, 4.69) is 15.2 Å². The standard InChI is InChI=1S/C22H23ClN4O3/c23-16-7-5-15(6-8-16)13-26-11-9-17(10-12-26)24-20(28)14-27-19-4-2-1-3-18(19)21(29)25-22(27)30/h1-8,17H,9-14H2,(H,24,28)(H,25,29,30). The van der Waals surface area contributed by atoms with E-state index in [4.69, 9.17) is 11.6 Å². The minimum Gasteiger partial charge on any atom is -0.352 e. The van der Waals surface area contributed by atoms with Gasteiger partial charge in [-0.1, -0.05) is 35.9 Å². The molecule has 8 heteroatoms. The number of rotatable bonds is 5. The van der Waals surface area contributed by atoms with Crippen LogP contribution in [-0.4, -0.2) is 39.5 Å². The van der Waals surface area contributed by atoms with Gasteiger partial charge in [0.2, 0.25) is 5.91 Å². The van der Waals surface area contributed by atoms with E-state index in [1.54, 1.807) is 24.3 Å². The molecule has 1 aromatic heterocycles. The molecule has 0 unspecified atom stereocenters. The zero-order valence-corrected chi connectivity index (χ0v) is 17.2. The van der Waals surface area contributed by atoms with Gasteiger partial charge >= 0.3 is 5.69 Å². The van der Waals surface area contributed by atoms with E-state index in [0.29, 0.717) is 10.9 Å². The van der Waals surface area contributed by atoms with Crippen LogP contribution in [0.2, 0.25) is 5.02 Å². The van der Waals surface area contributed by atoms with Crippen LogP contribution < -0.4 is 16.6 Å². The lowest BCUT2D eigenvalue weighted by Crippen LogP contribution is -2.46. The number of H-pyrrole nitrogens is 1. The van der Waals surface area contributed by atoms with Crippen molar-refractivity contribution in [1.82, 2.24) is 19.8 Å². The summed E-state index contributed by atoms with van der Waals surface area (Å²) in [7, 11) is 0. The van der Waals surface area contributed by atoms with Gasteiger partial charge in [0, 0.05) is 30.7 Å². The van der Waals surface area contributed by atoms with Gasteiger partial charge in [0.25, 0.3) is 5.56 Å². The molecule has 0 aliphatic carbocycles. The fourth-order valence-electron chi connectivity index (χ4n) is 3.90. The molecule has 2 N–H and O–H groups in total. The summed E-state index contributed by atoms with van der Waals surface area (Å²) in [4.78, 5) is 41.4. The molecule has 0 saturated carbocycles. The summed E-state index contributed by atoms with van der Waals surface area (Å²) >= 11 is 5.94. The Balaban J connectivity index is 1.35. The zero-order valence-electron chi connectivity index (χ0n) is 16.4. The fourth-order valence-corrected chi connectivity index (χ4v) is 4.03. The Morgan fingerprint density at radius 2 is 1.77 bits per heavy atom. The van der Waals surface area contributed by atoms with Crippen LogP contribution in [0, 0.1) is 0 Å². The van der Waals surface area contributed by atoms with E-state index in [9.17, 15) is 14.4 Å². The molecule has 1 fully saturated rings. The van der Waals surface area contributed by atoms with Crippen LogP contribution in [0.1, 0.15) is 18.4 Å². The number of amides is 1. The maximum absolute atomic E-state index is 12.6. The molecular weight excluding hydrogens is 404 g/mol. The second-order valence-corrected chi connectivity index (χ2v) is 8.04. The quantitative estimate of drug-likeness (QED) is 0.654. The van der Waals surface area contributed by atoms with Gasteiger partial charge in [-0.3, -0.25) is 24.0 Å². The first-order chi connectivity index (χ1) is 14.5. The maximum atomic E-state index is 12.6. The van der Waals surface area contributed by atoms with Crippen molar-refractivity contribution in [2.24, 2.45) is 0 Å². The Morgan fingerprint density at radius 3 is 2.50 bits per heavy atom. The Hall–Kier alpha value is -2.90. The van der Waals surface area contributed by atoms with Crippen molar-refractivity contribution in [3.8, 4) is 0 Å². The molecule has 156 valence electrons. The Bertz CT molecular complexity index is 1160. The predicted molar refractivity (Wildman–Crippen MR) is 117 cm³/mol. The molecule has 2 aromatic carbocycles. The summed E-state index contributed by atoms with van der Waals surface area (Å²) < 4.78 is 1.31. The normalized spacial score (nSPS) is 15.4. The minimum atomic E-state index is -0.577. The molecule has 3 aromatic rings. The highest BCUT2D eigenvalue weighted by molar-refractivity contribution is 6.30. The van der Waals surface area contributed by atoms with E-state index in [1.165, 1.54) is 10.1 Å². The lowest BCUT2D eigenvalue weighted by molar-refractivity contribution is -0.122. The van der Waals surface area contributed by atoms with Crippen molar-refractivity contribution in [2.45, 2.75) is 32.0 Å². The van der Waals surface area contributed by atoms with E-state index >= 15 is 0 Å². The topological polar surface area (TPSA) is 87.2 Å². The molecule has 0 spiro atoms. The average molecular weight is 427 g/mol. The van der Waals surface area contributed by atoms with E-state index in [-0.39, 0.29) is 18.5 Å². The van der Waals surface area contributed by atoms with E-state index in [0.717, 1.165) is 37.5 Å². The highest BCUT2D eigenvalue weighted by Gasteiger charge is 2.21. The first-order valence-corrected chi connectivity index (χ1v) is 10.4. The minimum absolute atomic E-state index is 0.0729. The van der Waals surface area contributed by atoms with Gasteiger partial charge in [-0.2, -0.15) is 0 Å². The number of carbonyl (C=O) groups is 1. The third-order valence-electron chi connectivity index (χ3n) is 5.48. The second kappa shape index (κ2) is 8.85.